The molecular formula is C12H4Br4O. The summed E-state index contributed by atoms with van der Waals surface area (Å²) in [5.74, 6) is 0. The first kappa shape index (κ1) is 12.2. The van der Waals surface area contributed by atoms with Crippen LogP contribution in [0.2, 0.25) is 0 Å². The molecule has 1 nitrogen and oxygen atoms in total. The van der Waals surface area contributed by atoms with Gasteiger partial charge >= 0.3 is 0 Å². The van der Waals surface area contributed by atoms with Crippen LogP contribution in [0.15, 0.2) is 46.6 Å². The molecule has 0 aliphatic rings. The number of furan rings is 1. The fraction of sp³-hybridized carbons (Fsp3) is 0. The first-order valence-electron chi connectivity index (χ1n) is 4.73. The Labute approximate surface area is 131 Å². The van der Waals surface area contributed by atoms with Crippen molar-refractivity contribution in [1.82, 2.24) is 0 Å². The van der Waals surface area contributed by atoms with Crippen LogP contribution in [0.5, 0.6) is 0 Å². The SMILES string of the molecule is Brc1ccc2c(c1)oc1cc(Br)c(Br)c(Br)c12. The predicted octanol–water partition coefficient (Wildman–Crippen LogP) is 6.64. The molecule has 0 amide bonds. The lowest BCUT2D eigenvalue weighted by Crippen LogP contribution is -1.75. The zero-order valence-electron chi connectivity index (χ0n) is 8.23. The molecule has 0 aliphatic carbocycles. The van der Waals surface area contributed by atoms with E-state index < -0.39 is 0 Å². The molecule has 3 aromatic rings. The highest BCUT2D eigenvalue weighted by atomic mass is 79.9. The van der Waals surface area contributed by atoms with Gasteiger partial charge in [-0.1, -0.05) is 15.9 Å². The molecule has 0 aliphatic heterocycles. The minimum Gasteiger partial charge on any atom is -0.456 e. The van der Waals surface area contributed by atoms with Gasteiger partial charge in [-0.05, 0) is 72.1 Å². The van der Waals surface area contributed by atoms with Crippen LogP contribution in [0.25, 0.3) is 21.9 Å². The van der Waals surface area contributed by atoms with Crippen molar-refractivity contribution in [2.45, 2.75) is 0 Å². The second-order valence-electron chi connectivity index (χ2n) is 3.60. The van der Waals surface area contributed by atoms with E-state index in [0.29, 0.717) is 0 Å². The van der Waals surface area contributed by atoms with Crippen molar-refractivity contribution in [1.29, 1.82) is 0 Å². The Morgan fingerprint density at radius 1 is 0.824 bits per heavy atom. The van der Waals surface area contributed by atoms with Crippen LogP contribution in [-0.4, -0.2) is 0 Å². The van der Waals surface area contributed by atoms with Crippen LogP contribution in [0.3, 0.4) is 0 Å². The maximum absolute atomic E-state index is 5.84. The molecule has 1 aromatic heterocycles. The molecule has 1 heterocycles. The number of hydrogen-bond donors (Lipinski definition) is 0. The first-order chi connectivity index (χ1) is 8.08. The normalized spacial score (nSPS) is 11.5. The standard InChI is InChI=1S/C12H4Br4O/c13-5-1-2-6-8(3-5)17-9-4-7(14)11(15)12(16)10(6)9/h1-4H. The van der Waals surface area contributed by atoms with E-state index in [0.717, 1.165) is 39.8 Å². The quantitative estimate of drug-likeness (QED) is 0.327. The highest BCUT2D eigenvalue weighted by Gasteiger charge is 2.14. The average Bonchev–Trinajstić information content (AvgIpc) is 2.63. The molecule has 17 heavy (non-hydrogen) atoms. The largest absolute Gasteiger partial charge is 0.456 e. The fourth-order valence-corrected chi connectivity index (χ4v) is 3.76. The average molecular weight is 484 g/mol. The number of hydrogen-bond acceptors (Lipinski definition) is 1. The van der Waals surface area contributed by atoms with E-state index in [1.54, 1.807) is 0 Å². The summed E-state index contributed by atoms with van der Waals surface area (Å²) in [6, 6.07) is 8.01. The third kappa shape index (κ3) is 1.91. The molecule has 5 heteroatoms. The molecule has 0 fully saturated rings. The summed E-state index contributed by atoms with van der Waals surface area (Å²) in [6.07, 6.45) is 0. The summed E-state index contributed by atoms with van der Waals surface area (Å²) in [5.41, 5.74) is 1.74. The van der Waals surface area contributed by atoms with Gasteiger partial charge in [-0.2, -0.15) is 0 Å². The maximum Gasteiger partial charge on any atom is 0.137 e. The number of benzene rings is 2. The Hall–Kier alpha value is 0.160. The van der Waals surface area contributed by atoms with E-state index in [4.69, 9.17) is 4.42 Å². The van der Waals surface area contributed by atoms with Crippen molar-refractivity contribution in [2.75, 3.05) is 0 Å². The molecule has 2 aromatic carbocycles. The van der Waals surface area contributed by atoms with E-state index in [-0.39, 0.29) is 0 Å². The number of halogens is 4. The van der Waals surface area contributed by atoms with Gasteiger partial charge in [0.25, 0.3) is 0 Å². The lowest BCUT2D eigenvalue weighted by atomic mass is 10.1. The molecule has 0 spiro atoms. The van der Waals surface area contributed by atoms with E-state index in [1.807, 2.05) is 18.2 Å². The van der Waals surface area contributed by atoms with Crippen LogP contribution in [0, 0.1) is 0 Å². The van der Waals surface area contributed by atoms with E-state index in [9.17, 15) is 0 Å². The fourth-order valence-electron chi connectivity index (χ4n) is 1.81. The Bertz CT molecular complexity index is 745. The molecule has 0 saturated heterocycles. The molecule has 0 bridgehead atoms. The lowest BCUT2D eigenvalue weighted by molar-refractivity contribution is 0.668. The number of rotatable bonds is 0. The van der Waals surface area contributed by atoms with Gasteiger partial charge in [-0.25, -0.2) is 0 Å². The summed E-state index contributed by atoms with van der Waals surface area (Å²) in [6.45, 7) is 0. The molecule has 3 rings (SSSR count). The van der Waals surface area contributed by atoms with Crippen molar-refractivity contribution in [2.24, 2.45) is 0 Å². The zero-order valence-corrected chi connectivity index (χ0v) is 14.6. The summed E-state index contributed by atoms with van der Waals surface area (Å²) in [7, 11) is 0. The van der Waals surface area contributed by atoms with Crippen molar-refractivity contribution in [3.8, 4) is 0 Å². The van der Waals surface area contributed by atoms with Crippen molar-refractivity contribution >= 4 is 85.7 Å². The van der Waals surface area contributed by atoms with Gasteiger partial charge in [0.2, 0.25) is 0 Å². The Morgan fingerprint density at radius 3 is 2.35 bits per heavy atom. The lowest BCUT2D eigenvalue weighted by Gasteiger charge is -2.00. The second kappa shape index (κ2) is 4.37. The predicted molar refractivity (Wildman–Crippen MR) is 84.5 cm³/mol. The first-order valence-corrected chi connectivity index (χ1v) is 7.90. The Morgan fingerprint density at radius 2 is 1.59 bits per heavy atom. The molecule has 0 radical (unpaired) electrons. The van der Waals surface area contributed by atoms with E-state index in [1.165, 1.54) is 0 Å². The Kier molecular flexibility index (Phi) is 3.14. The van der Waals surface area contributed by atoms with Crippen LogP contribution in [0.1, 0.15) is 0 Å². The molecule has 86 valence electrons. The highest BCUT2D eigenvalue weighted by molar-refractivity contribution is 9.14. The van der Waals surface area contributed by atoms with Crippen LogP contribution in [-0.2, 0) is 0 Å². The number of fused-ring (bicyclic) bond motifs is 3. The van der Waals surface area contributed by atoms with Crippen LogP contribution < -0.4 is 0 Å². The topological polar surface area (TPSA) is 13.1 Å². The van der Waals surface area contributed by atoms with Crippen molar-refractivity contribution in [3.63, 3.8) is 0 Å². The van der Waals surface area contributed by atoms with Crippen molar-refractivity contribution in [3.05, 3.63) is 42.2 Å². The molecule has 0 N–H and O–H groups in total. The summed E-state index contributed by atoms with van der Waals surface area (Å²) >= 11 is 14.1. The third-order valence-electron chi connectivity index (χ3n) is 2.56. The van der Waals surface area contributed by atoms with Gasteiger partial charge in [-0.15, -0.1) is 0 Å². The third-order valence-corrected chi connectivity index (χ3v) is 6.36. The van der Waals surface area contributed by atoms with Gasteiger partial charge < -0.3 is 4.42 Å². The van der Waals surface area contributed by atoms with E-state index >= 15 is 0 Å². The van der Waals surface area contributed by atoms with Gasteiger partial charge in [0.15, 0.2) is 0 Å². The smallest absolute Gasteiger partial charge is 0.137 e. The van der Waals surface area contributed by atoms with Gasteiger partial charge in [0.1, 0.15) is 11.2 Å². The minimum atomic E-state index is 0.861. The minimum absolute atomic E-state index is 0.861. The van der Waals surface area contributed by atoms with Crippen molar-refractivity contribution < 1.29 is 4.42 Å². The monoisotopic (exact) mass is 480 g/mol. The highest BCUT2D eigenvalue weighted by Crippen LogP contribution is 2.42. The van der Waals surface area contributed by atoms with Gasteiger partial charge in [0, 0.05) is 28.7 Å². The Balaban J connectivity index is 2.57. The van der Waals surface area contributed by atoms with E-state index in [2.05, 4.69) is 69.8 Å². The maximum atomic E-state index is 5.84. The summed E-state index contributed by atoms with van der Waals surface area (Å²) in [4.78, 5) is 0. The molecular weight excluding hydrogens is 480 g/mol. The summed E-state index contributed by atoms with van der Waals surface area (Å²) < 4.78 is 9.82. The molecule has 0 atom stereocenters. The molecule has 0 saturated carbocycles. The van der Waals surface area contributed by atoms with Gasteiger partial charge in [0.05, 0.1) is 0 Å². The summed E-state index contributed by atoms with van der Waals surface area (Å²) in [5, 5.41) is 2.19. The van der Waals surface area contributed by atoms with Crippen LogP contribution in [0.4, 0.5) is 0 Å². The van der Waals surface area contributed by atoms with Gasteiger partial charge in [-0.3, -0.25) is 0 Å². The zero-order chi connectivity index (χ0) is 12.2. The molecule has 0 unspecified atom stereocenters. The van der Waals surface area contributed by atoms with Crippen LogP contribution >= 0.6 is 63.7 Å². The second-order valence-corrected chi connectivity index (χ2v) is 6.96.